The Bertz CT molecular complexity index is 1440. The molecule has 0 fully saturated rings. The number of benzene rings is 2. The quantitative estimate of drug-likeness (QED) is 0.345. The molecule has 2 aromatic carbocycles. The third-order valence-corrected chi connectivity index (χ3v) is 6.04. The zero-order chi connectivity index (χ0) is 26.3. The van der Waals surface area contributed by atoms with E-state index in [9.17, 15) is 13.2 Å². The molecule has 0 amide bonds. The van der Waals surface area contributed by atoms with Gasteiger partial charge in [-0.2, -0.15) is 23.8 Å². The second-order valence-electron chi connectivity index (χ2n) is 9.21. The second kappa shape index (κ2) is 9.26. The fourth-order valence-electron chi connectivity index (χ4n) is 4.45. The van der Waals surface area contributed by atoms with Gasteiger partial charge in [0.25, 0.3) is 0 Å². The number of nitrogens with zero attached hydrogens (tertiary/aromatic N) is 6. The van der Waals surface area contributed by atoms with Crippen molar-refractivity contribution in [3.8, 4) is 11.4 Å². The predicted molar refractivity (Wildman–Crippen MR) is 134 cm³/mol. The van der Waals surface area contributed by atoms with E-state index in [0.29, 0.717) is 35.4 Å². The third kappa shape index (κ3) is 4.74. The molecule has 9 nitrogen and oxygen atoms in total. The number of hydrogen-bond acceptors (Lipinski definition) is 8. The van der Waals surface area contributed by atoms with E-state index in [1.54, 1.807) is 38.2 Å². The summed E-state index contributed by atoms with van der Waals surface area (Å²) in [7, 11) is 1.77. The van der Waals surface area contributed by atoms with Crippen LogP contribution in [-0.2, 0) is 5.41 Å². The van der Waals surface area contributed by atoms with Gasteiger partial charge in [-0.3, -0.25) is 0 Å². The molecule has 3 heterocycles. The van der Waals surface area contributed by atoms with Crippen LogP contribution in [0.1, 0.15) is 25.2 Å². The number of aryl methyl sites for hydroxylation is 1. The molecule has 0 bridgehead atoms. The van der Waals surface area contributed by atoms with Crippen LogP contribution in [0.2, 0.25) is 0 Å². The monoisotopic (exact) mass is 510 g/mol. The summed E-state index contributed by atoms with van der Waals surface area (Å²) >= 11 is 0. The number of anilines is 5. The van der Waals surface area contributed by atoms with Crippen LogP contribution in [0, 0.1) is 12.7 Å². The molecule has 0 aliphatic carbocycles. The van der Waals surface area contributed by atoms with E-state index < -0.39 is 6.61 Å². The van der Waals surface area contributed by atoms with Crippen molar-refractivity contribution in [1.29, 1.82) is 0 Å². The molecule has 2 N–H and O–H groups in total. The molecule has 0 unspecified atom stereocenters. The van der Waals surface area contributed by atoms with Gasteiger partial charge in [0.15, 0.2) is 5.75 Å². The number of nitrogens with one attached hydrogen (secondary N) is 2. The summed E-state index contributed by atoms with van der Waals surface area (Å²) in [6.45, 7) is 3.45. The van der Waals surface area contributed by atoms with Crippen LogP contribution in [0.3, 0.4) is 0 Å². The van der Waals surface area contributed by atoms with Crippen molar-refractivity contribution in [3.05, 3.63) is 66.0 Å². The smallest absolute Gasteiger partial charge is 0.387 e. The topological polar surface area (TPSA) is 93.0 Å². The molecule has 37 heavy (non-hydrogen) atoms. The Morgan fingerprint density at radius 3 is 2.49 bits per heavy atom. The second-order valence-corrected chi connectivity index (χ2v) is 9.21. The number of rotatable bonds is 7. The summed E-state index contributed by atoms with van der Waals surface area (Å²) in [5.74, 6) is 1.62. The molecule has 0 atom stereocenters. The molecule has 0 saturated carbocycles. The summed E-state index contributed by atoms with van der Waals surface area (Å²) < 4.78 is 46.1. The molecular weight excluding hydrogens is 485 g/mol. The standard InChI is InChI=1S/C25H25F3N8O/c1-14-30-13-36(34-14)18-10-7-16(11-19(18)37-23(27)28)31-24-32-21(29-4)20-22(33-24)35(12-25(20,2)3)17-8-5-15(26)6-9-17/h5-11,13,23H,12H2,1-4H3,(H2,29,31,32,33). The highest BCUT2D eigenvalue weighted by Gasteiger charge is 2.40. The van der Waals surface area contributed by atoms with Crippen molar-refractivity contribution < 1.29 is 17.9 Å². The Hall–Kier alpha value is -4.35. The Kier molecular flexibility index (Phi) is 6.10. The van der Waals surface area contributed by atoms with E-state index in [1.165, 1.54) is 29.2 Å². The molecule has 0 spiro atoms. The summed E-state index contributed by atoms with van der Waals surface area (Å²) in [5, 5.41) is 10.4. The maximum Gasteiger partial charge on any atom is 0.387 e. The van der Waals surface area contributed by atoms with E-state index in [0.717, 1.165) is 11.3 Å². The van der Waals surface area contributed by atoms with Crippen LogP contribution >= 0.6 is 0 Å². The van der Waals surface area contributed by atoms with Crippen LogP contribution in [0.5, 0.6) is 5.75 Å². The molecule has 0 radical (unpaired) electrons. The van der Waals surface area contributed by atoms with Crippen LogP contribution in [0.25, 0.3) is 5.69 Å². The summed E-state index contributed by atoms with van der Waals surface area (Å²) in [5.41, 5.74) is 2.16. The van der Waals surface area contributed by atoms with Crippen molar-refractivity contribution in [2.24, 2.45) is 0 Å². The van der Waals surface area contributed by atoms with Gasteiger partial charge in [0.2, 0.25) is 5.95 Å². The highest BCUT2D eigenvalue weighted by atomic mass is 19.3. The first-order chi connectivity index (χ1) is 17.6. The molecule has 1 aliphatic heterocycles. The molecule has 12 heteroatoms. The zero-order valence-corrected chi connectivity index (χ0v) is 20.6. The van der Waals surface area contributed by atoms with Gasteiger partial charge in [-0.25, -0.2) is 14.1 Å². The van der Waals surface area contributed by atoms with Gasteiger partial charge in [0.05, 0.1) is 0 Å². The highest BCUT2D eigenvalue weighted by Crippen LogP contribution is 2.46. The average Bonchev–Trinajstić information content (AvgIpc) is 3.39. The van der Waals surface area contributed by atoms with E-state index in [4.69, 9.17) is 9.72 Å². The number of fused-ring (bicyclic) bond motifs is 1. The molecular formula is C25H25F3N8O. The maximum absolute atomic E-state index is 13.6. The molecule has 1 aliphatic rings. The number of aromatic nitrogens is 5. The highest BCUT2D eigenvalue weighted by molar-refractivity contribution is 5.76. The van der Waals surface area contributed by atoms with Crippen molar-refractivity contribution in [2.45, 2.75) is 32.8 Å². The lowest BCUT2D eigenvalue weighted by Crippen LogP contribution is -2.25. The number of alkyl halides is 2. The van der Waals surface area contributed by atoms with Gasteiger partial charge >= 0.3 is 6.61 Å². The van der Waals surface area contributed by atoms with Gasteiger partial charge in [0, 0.05) is 42.0 Å². The molecule has 192 valence electrons. The summed E-state index contributed by atoms with van der Waals surface area (Å²) in [6, 6.07) is 10.9. The third-order valence-electron chi connectivity index (χ3n) is 6.04. The summed E-state index contributed by atoms with van der Waals surface area (Å²) in [4.78, 5) is 15.4. The van der Waals surface area contributed by atoms with Crippen molar-refractivity contribution >= 4 is 29.0 Å². The lowest BCUT2D eigenvalue weighted by Gasteiger charge is -2.21. The first kappa shape index (κ1) is 24.3. The zero-order valence-electron chi connectivity index (χ0n) is 20.6. The van der Waals surface area contributed by atoms with Crippen molar-refractivity contribution in [2.75, 3.05) is 29.1 Å². The fourth-order valence-corrected chi connectivity index (χ4v) is 4.45. The Morgan fingerprint density at radius 1 is 1.08 bits per heavy atom. The number of ether oxygens (including phenoxy) is 1. The first-order valence-electron chi connectivity index (χ1n) is 11.5. The molecule has 4 aromatic rings. The van der Waals surface area contributed by atoms with Gasteiger partial charge in [-0.1, -0.05) is 13.8 Å². The maximum atomic E-state index is 13.6. The van der Waals surface area contributed by atoms with Gasteiger partial charge in [-0.15, -0.1) is 0 Å². The fraction of sp³-hybridized carbons (Fsp3) is 0.280. The van der Waals surface area contributed by atoms with Gasteiger partial charge in [0.1, 0.15) is 35.3 Å². The predicted octanol–water partition coefficient (Wildman–Crippen LogP) is 5.32. The lowest BCUT2D eigenvalue weighted by atomic mass is 9.88. The SMILES string of the molecule is CNc1nc(Nc2ccc(-n3cnc(C)n3)c(OC(F)F)c2)nc2c1C(C)(C)CN2c1ccc(F)cc1. The van der Waals surface area contributed by atoms with Gasteiger partial charge in [-0.05, 0) is 43.3 Å². The van der Waals surface area contributed by atoms with Crippen LogP contribution < -0.4 is 20.3 Å². The van der Waals surface area contributed by atoms with Crippen LogP contribution in [0.15, 0.2) is 48.8 Å². The minimum Gasteiger partial charge on any atom is -0.432 e. The summed E-state index contributed by atoms with van der Waals surface area (Å²) in [6.07, 6.45) is 1.42. The normalized spacial score (nSPS) is 14.1. The largest absolute Gasteiger partial charge is 0.432 e. The Morgan fingerprint density at radius 2 is 1.84 bits per heavy atom. The van der Waals surface area contributed by atoms with Crippen molar-refractivity contribution in [1.82, 2.24) is 24.7 Å². The van der Waals surface area contributed by atoms with Crippen molar-refractivity contribution in [3.63, 3.8) is 0 Å². The van der Waals surface area contributed by atoms with Gasteiger partial charge < -0.3 is 20.3 Å². The molecule has 5 rings (SSSR count). The minimum atomic E-state index is -3.03. The van der Waals surface area contributed by atoms with E-state index in [-0.39, 0.29) is 22.9 Å². The van der Waals surface area contributed by atoms with Crippen LogP contribution in [0.4, 0.5) is 42.1 Å². The van der Waals surface area contributed by atoms with Crippen LogP contribution in [-0.4, -0.2) is 44.9 Å². The minimum absolute atomic E-state index is 0.0889. The van der Waals surface area contributed by atoms with E-state index in [2.05, 4.69) is 39.5 Å². The van der Waals surface area contributed by atoms with E-state index >= 15 is 0 Å². The number of halogens is 3. The Balaban J connectivity index is 1.54. The first-order valence-corrected chi connectivity index (χ1v) is 11.5. The molecule has 0 saturated heterocycles. The molecule has 2 aromatic heterocycles. The lowest BCUT2D eigenvalue weighted by molar-refractivity contribution is -0.0498. The average molecular weight is 511 g/mol. The van der Waals surface area contributed by atoms with E-state index in [1.807, 2.05) is 4.90 Å². The Labute approximate surface area is 211 Å². The number of hydrogen-bond donors (Lipinski definition) is 2.